The third kappa shape index (κ3) is 8.14. The van der Waals surface area contributed by atoms with Crippen LogP contribution in [0.15, 0.2) is 18.5 Å². The van der Waals surface area contributed by atoms with Gasteiger partial charge in [-0.2, -0.15) is 0 Å². The van der Waals surface area contributed by atoms with Crippen molar-refractivity contribution in [1.29, 1.82) is 0 Å². The van der Waals surface area contributed by atoms with Crippen molar-refractivity contribution in [2.45, 2.75) is 83.7 Å². The van der Waals surface area contributed by atoms with Crippen LogP contribution in [0.3, 0.4) is 0 Å². The molecule has 6 nitrogen and oxygen atoms in total. The molecular weight excluding hydrogens is 378 g/mol. The SMILES string of the molecule is COc1ccncc1CN1CCC(N(CCCCCCC(OC)OC)C(C)C)CC1. The molecule has 0 unspecified atom stereocenters. The summed E-state index contributed by atoms with van der Waals surface area (Å²) < 4.78 is 16.0. The Hall–Kier alpha value is -1.21. The van der Waals surface area contributed by atoms with Gasteiger partial charge in [-0.25, -0.2) is 0 Å². The predicted octanol–water partition coefficient (Wildman–Crippen LogP) is 4.33. The number of hydrogen-bond donors (Lipinski definition) is 0. The molecule has 0 atom stereocenters. The first-order valence-electron chi connectivity index (χ1n) is 11.6. The van der Waals surface area contributed by atoms with Crippen molar-refractivity contribution >= 4 is 0 Å². The minimum Gasteiger partial charge on any atom is -0.496 e. The highest BCUT2D eigenvalue weighted by Crippen LogP contribution is 2.24. The number of rotatable bonds is 14. The van der Waals surface area contributed by atoms with Crippen molar-refractivity contribution in [2.24, 2.45) is 0 Å². The van der Waals surface area contributed by atoms with E-state index < -0.39 is 0 Å². The fourth-order valence-electron chi connectivity index (χ4n) is 4.54. The Morgan fingerprint density at radius 2 is 1.77 bits per heavy atom. The van der Waals surface area contributed by atoms with Crippen LogP contribution < -0.4 is 4.74 Å². The first kappa shape index (κ1) is 25.1. The number of hydrogen-bond acceptors (Lipinski definition) is 6. The van der Waals surface area contributed by atoms with Gasteiger partial charge >= 0.3 is 0 Å². The fourth-order valence-corrected chi connectivity index (χ4v) is 4.54. The van der Waals surface area contributed by atoms with E-state index in [2.05, 4.69) is 28.6 Å². The van der Waals surface area contributed by atoms with Crippen molar-refractivity contribution in [1.82, 2.24) is 14.8 Å². The van der Waals surface area contributed by atoms with Crippen LogP contribution in [0.4, 0.5) is 0 Å². The fraction of sp³-hybridized carbons (Fsp3) is 0.792. The van der Waals surface area contributed by atoms with Gasteiger partial charge in [0.15, 0.2) is 6.29 Å². The molecule has 0 N–H and O–H groups in total. The number of unbranched alkanes of at least 4 members (excludes halogenated alkanes) is 3. The monoisotopic (exact) mass is 421 g/mol. The Balaban J connectivity index is 1.71. The molecule has 0 aliphatic carbocycles. The standard InChI is InChI=1S/C24H43N3O3/c1-20(2)27(15-9-7-6-8-10-24(29-4)30-5)22-12-16-26(17-13-22)19-21-18-25-14-11-23(21)28-3/h11,14,18,20,22,24H,6-10,12-13,15-17,19H2,1-5H3. The topological polar surface area (TPSA) is 47.1 Å². The van der Waals surface area contributed by atoms with E-state index in [0.717, 1.165) is 31.8 Å². The maximum absolute atomic E-state index is 5.49. The van der Waals surface area contributed by atoms with E-state index >= 15 is 0 Å². The molecule has 0 amide bonds. The first-order chi connectivity index (χ1) is 14.6. The lowest BCUT2D eigenvalue weighted by Crippen LogP contribution is -2.47. The van der Waals surface area contributed by atoms with E-state index in [1.165, 1.54) is 50.6 Å². The molecule has 1 aromatic heterocycles. The van der Waals surface area contributed by atoms with Gasteiger partial charge in [0.1, 0.15) is 5.75 Å². The van der Waals surface area contributed by atoms with E-state index in [1.807, 2.05) is 12.3 Å². The highest BCUT2D eigenvalue weighted by atomic mass is 16.7. The Bertz CT molecular complexity index is 573. The average molecular weight is 422 g/mol. The zero-order chi connectivity index (χ0) is 21.8. The van der Waals surface area contributed by atoms with Gasteiger partial charge < -0.3 is 14.2 Å². The normalized spacial score (nSPS) is 16.1. The Labute approximate surface area is 183 Å². The molecule has 0 radical (unpaired) electrons. The Kier molecular flexibility index (Phi) is 11.7. The lowest BCUT2D eigenvalue weighted by molar-refractivity contribution is -0.107. The summed E-state index contributed by atoms with van der Waals surface area (Å²) in [7, 11) is 5.17. The molecule has 172 valence electrons. The molecule has 1 aliphatic rings. The van der Waals surface area contributed by atoms with Gasteiger partial charge in [-0.3, -0.25) is 14.8 Å². The molecule has 0 bridgehead atoms. The predicted molar refractivity (Wildman–Crippen MR) is 122 cm³/mol. The van der Waals surface area contributed by atoms with Gasteiger partial charge in [-0.1, -0.05) is 12.8 Å². The summed E-state index contributed by atoms with van der Waals surface area (Å²) >= 11 is 0. The molecule has 1 saturated heterocycles. The second-order valence-corrected chi connectivity index (χ2v) is 8.63. The van der Waals surface area contributed by atoms with Crippen LogP contribution in [0, 0.1) is 0 Å². The Morgan fingerprint density at radius 3 is 2.40 bits per heavy atom. The van der Waals surface area contributed by atoms with Crippen LogP contribution in [0.25, 0.3) is 0 Å². The number of piperidine rings is 1. The molecule has 1 aromatic rings. The van der Waals surface area contributed by atoms with Crippen molar-refractivity contribution < 1.29 is 14.2 Å². The van der Waals surface area contributed by atoms with Gasteiger partial charge in [0.05, 0.1) is 7.11 Å². The second-order valence-electron chi connectivity index (χ2n) is 8.63. The lowest BCUT2D eigenvalue weighted by atomic mass is 10.00. The van der Waals surface area contributed by atoms with Crippen molar-refractivity contribution in [2.75, 3.05) is 41.0 Å². The van der Waals surface area contributed by atoms with E-state index in [-0.39, 0.29) is 6.29 Å². The number of ether oxygens (including phenoxy) is 3. The van der Waals surface area contributed by atoms with Crippen LogP contribution in [-0.2, 0) is 16.0 Å². The molecule has 0 spiro atoms. The van der Waals surface area contributed by atoms with Gasteiger partial charge in [-0.15, -0.1) is 0 Å². The largest absolute Gasteiger partial charge is 0.496 e. The molecule has 0 aromatic carbocycles. The number of nitrogens with zero attached hydrogens (tertiary/aromatic N) is 3. The Morgan fingerprint density at radius 1 is 1.07 bits per heavy atom. The number of pyridine rings is 1. The number of likely N-dealkylation sites (tertiary alicyclic amines) is 1. The summed E-state index contributed by atoms with van der Waals surface area (Å²) in [6.07, 6.45) is 12.1. The highest BCUT2D eigenvalue weighted by molar-refractivity contribution is 5.29. The van der Waals surface area contributed by atoms with Gasteiger partial charge in [-0.05, 0) is 71.7 Å². The van der Waals surface area contributed by atoms with Gasteiger partial charge in [0.2, 0.25) is 0 Å². The maximum atomic E-state index is 5.49. The zero-order valence-corrected chi connectivity index (χ0v) is 19.8. The molecule has 30 heavy (non-hydrogen) atoms. The van der Waals surface area contributed by atoms with Crippen molar-refractivity contribution in [3.05, 3.63) is 24.0 Å². The van der Waals surface area contributed by atoms with Crippen LogP contribution in [0.1, 0.15) is 64.4 Å². The quantitative estimate of drug-likeness (QED) is 0.329. The van der Waals surface area contributed by atoms with Crippen LogP contribution in [0.5, 0.6) is 5.75 Å². The van der Waals surface area contributed by atoms with Crippen LogP contribution in [0.2, 0.25) is 0 Å². The highest BCUT2D eigenvalue weighted by Gasteiger charge is 2.26. The smallest absolute Gasteiger partial charge is 0.156 e. The summed E-state index contributed by atoms with van der Waals surface area (Å²) in [5.74, 6) is 0.943. The van der Waals surface area contributed by atoms with E-state index in [4.69, 9.17) is 14.2 Å². The molecule has 1 aliphatic heterocycles. The zero-order valence-electron chi connectivity index (χ0n) is 19.8. The summed E-state index contributed by atoms with van der Waals surface area (Å²) in [5.41, 5.74) is 1.18. The summed E-state index contributed by atoms with van der Waals surface area (Å²) in [5, 5.41) is 0. The van der Waals surface area contributed by atoms with E-state index in [1.54, 1.807) is 27.5 Å². The second kappa shape index (κ2) is 14.0. The van der Waals surface area contributed by atoms with Crippen molar-refractivity contribution in [3.8, 4) is 5.75 Å². The van der Waals surface area contributed by atoms with Gasteiger partial charge in [0.25, 0.3) is 0 Å². The average Bonchev–Trinajstić information content (AvgIpc) is 2.77. The maximum Gasteiger partial charge on any atom is 0.156 e. The molecule has 2 heterocycles. The first-order valence-corrected chi connectivity index (χ1v) is 11.6. The van der Waals surface area contributed by atoms with Gasteiger partial charge in [0, 0.05) is 50.8 Å². The van der Waals surface area contributed by atoms with Crippen LogP contribution >= 0.6 is 0 Å². The number of methoxy groups -OCH3 is 3. The lowest BCUT2D eigenvalue weighted by Gasteiger charge is -2.40. The van der Waals surface area contributed by atoms with Crippen LogP contribution in [-0.4, -0.2) is 74.1 Å². The number of aromatic nitrogens is 1. The molecule has 6 heteroatoms. The minimum atomic E-state index is -0.0472. The summed E-state index contributed by atoms with van der Waals surface area (Å²) in [4.78, 5) is 9.54. The van der Waals surface area contributed by atoms with E-state index in [0.29, 0.717) is 12.1 Å². The van der Waals surface area contributed by atoms with E-state index in [9.17, 15) is 0 Å². The summed E-state index contributed by atoms with van der Waals surface area (Å²) in [6.45, 7) is 9.10. The van der Waals surface area contributed by atoms with Crippen molar-refractivity contribution in [3.63, 3.8) is 0 Å². The third-order valence-corrected chi connectivity index (χ3v) is 6.29. The minimum absolute atomic E-state index is 0.0472. The summed E-state index contributed by atoms with van der Waals surface area (Å²) in [6, 6.07) is 3.25. The molecular formula is C24H43N3O3. The molecule has 2 rings (SSSR count). The third-order valence-electron chi connectivity index (χ3n) is 6.29. The molecule has 1 fully saturated rings. The molecule has 0 saturated carbocycles.